The van der Waals surface area contributed by atoms with E-state index < -0.39 is 192 Å². The second kappa shape index (κ2) is 21.4. The largest absolute Gasteiger partial charge is 0.394 e. The van der Waals surface area contributed by atoms with Gasteiger partial charge in [0.15, 0.2) is 31.5 Å². The van der Waals surface area contributed by atoms with Crippen LogP contribution in [0.1, 0.15) is 6.92 Å². The summed E-state index contributed by atoms with van der Waals surface area (Å²) in [5.74, 6) is -0.799. The van der Waals surface area contributed by atoms with E-state index in [-0.39, 0.29) is 0 Å². The van der Waals surface area contributed by atoms with Crippen LogP contribution >= 0.6 is 0 Å². The van der Waals surface area contributed by atoms with Crippen molar-refractivity contribution >= 4 is 5.91 Å². The van der Waals surface area contributed by atoms with E-state index in [2.05, 4.69) is 5.32 Å². The van der Waals surface area contributed by atoms with Gasteiger partial charge in [-0.05, 0) is 0 Å². The Kier molecular flexibility index (Phi) is 17.7. The fourth-order valence-electron chi connectivity index (χ4n) is 7.61. The first kappa shape index (κ1) is 49.5. The third kappa shape index (κ3) is 10.2. The van der Waals surface area contributed by atoms with Crippen molar-refractivity contribution in [2.45, 2.75) is 160 Å². The molecule has 5 saturated heterocycles. The van der Waals surface area contributed by atoms with Gasteiger partial charge in [-0.3, -0.25) is 4.79 Å². The Morgan fingerprint density at radius 2 is 0.767 bits per heavy atom. The first-order valence-corrected chi connectivity index (χ1v) is 19.0. The molecular weight excluding hydrogens is 826 g/mol. The maximum Gasteiger partial charge on any atom is 0.217 e. The Balaban J connectivity index is 1.35. The van der Waals surface area contributed by atoms with E-state index in [1.807, 2.05) is 0 Å². The topological polar surface area (TPSA) is 425 Å². The molecular formula is C33H57NO26. The quantitative estimate of drug-likeness (QED) is 0.0726. The minimum Gasteiger partial charge on any atom is -0.394 e. The van der Waals surface area contributed by atoms with Crippen LogP contribution in [0.25, 0.3) is 0 Å². The zero-order valence-corrected chi connectivity index (χ0v) is 32.2. The smallest absolute Gasteiger partial charge is 0.217 e. The van der Waals surface area contributed by atoms with E-state index in [1.54, 1.807) is 0 Å². The van der Waals surface area contributed by atoms with Gasteiger partial charge in [-0.25, -0.2) is 0 Å². The number of methoxy groups -OCH3 is 1. The Morgan fingerprint density at radius 3 is 1.23 bits per heavy atom. The summed E-state index contributed by atoms with van der Waals surface area (Å²) in [6.07, 6.45) is -43.0. The summed E-state index contributed by atoms with van der Waals surface area (Å²) in [4.78, 5) is 12.4. The minimum atomic E-state index is -2.14. The minimum absolute atomic E-state index is 0.766. The number of nitrogens with one attached hydrogen (secondary N) is 1. The molecule has 0 bridgehead atoms. The number of aliphatic hydroxyl groups is 15. The van der Waals surface area contributed by atoms with E-state index in [9.17, 15) is 81.4 Å². The van der Waals surface area contributed by atoms with Gasteiger partial charge < -0.3 is 129 Å². The first-order chi connectivity index (χ1) is 28.5. The van der Waals surface area contributed by atoms with Gasteiger partial charge in [-0.2, -0.15) is 0 Å². The summed E-state index contributed by atoms with van der Waals surface area (Å²) in [5, 5.41) is 161. The first-order valence-electron chi connectivity index (χ1n) is 19.0. The van der Waals surface area contributed by atoms with E-state index in [0.29, 0.717) is 0 Å². The maximum absolute atomic E-state index is 12.4. The Labute approximate surface area is 340 Å². The highest BCUT2D eigenvalue weighted by molar-refractivity contribution is 5.73. The molecule has 5 rings (SSSR count). The summed E-state index contributed by atoms with van der Waals surface area (Å²) in [6.45, 7) is -3.45. The van der Waals surface area contributed by atoms with E-state index in [1.165, 1.54) is 7.11 Å². The molecule has 0 aromatic heterocycles. The number of aliphatic hydroxyl groups excluding tert-OH is 15. The summed E-state index contributed by atoms with van der Waals surface area (Å²) >= 11 is 0. The van der Waals surface area contributed by atoms with Crippen LogP contribution in [0.5, 0.6) is 0 Å². The maximum atomic E-state index is 12.4. The van der Waals surface area contributed by atoms with Gasteiger partial charge in [0.05, 0.1) is 33.0 Å². The van der Waals surface area contributed by atoms with Crippen LogP contribution in [0.2, 0.25) is 0 Å². The molecule has 5 heterocycles. The van der Waals surface area contributed by atoms with Crippen molar-refractivity contribution in [3.05, 3.63) is 0 Å². The molecule has 27 nitrogen and oxygen atoms in total. The number of hydrogen-bond donors (Lipinski definition) is 16. The predicted molar refractivity (Wildman–Crippen MR) is 183 cm³/mol. The number of carbonyl (C=O) groups excluding carboxylic acids is 1. The average molecular weight is 884 g/mol. The predicted octanol–water partition coefficient (Wildman–Crippen LogP) is -11.1. The second-order valence-electron chi connectivity index (χ2n) is 14.9. The van der Waals surface area contributed by atoms with Crippen molar-refractivity contribution in [2.75, 3.05) is 40.1 Å². The fraction of sp³-hybridized carbons (Fsp3) is 0.970. The van der Waals surface area contributed by atoms with Crippen molar-refractivity contribution in [3.8, 4) is 0 Å². The molecule has 0 aromatic rings. The molecule has 0 radical (unpaired) electrons. The lowest BCUT2D eigenvalue weighted by atomic mass is 9.94. The van der Waals surface area contributed by atoms with Crippen LogP contribution in [-0.2, 0) is 52.2 Å². The average Bonchev–Trinajstić information content (AvgIpc) is 3.23. The van der Waals surface area contributed by atoms with Crippen LogP contribution in [0.3, 0.4) is 0 Å². The molecule has 5 aliphatic rings. The van der Waals surface area contributed by atoms with Gasteiger partial charge >= 0.3 is 0 Å². The number of ether oxygens (including phenoxy) is 10. The highest BCUT2D eigenvalue weighted by atomic mass is 16.8. The number of amides is 1. The Morgan fingerprint density at radius 1 is 0.417 bits per heavy atom. The molecule has 16 N–H and O–H groups in total. The molecule has 5 aliphatic heterocycles. The molecule has 60 heavy (non-hydrogen) atoms. The normalized spacial score (nSPS) is 50.3. The van der Waals surface area contributed by atoms with Crippen molar-refractivity contribution in [3.63, 3.8) is 0 Å². The molecule has 350 valence electrons. The van der Waals surface area contributed by atoms with Crippen molar-refractivity contribution in [1.29, 1.82) is 0 Å². The molecule has 0 spiro atoms. The molecule has 0 saturated carbocycles. The van der Waals surface area contributed by atoms with Crippen LogP contribution in [0, 0.1) is 0 Å². The second-order valence-corrected chi connectivity index (χ2v) is 14.9. The number of carbonyl (C=O) groups is 1. The van der Waals surface area contributed by atoms with Crippen LogP contribution < -0.4 is 5.32 Å². The van der Waals surface area contributed by atoms with Crippen molar-refractivity contribution in [1.82, 2.24) is 5.32 Å². The van der Waals surface area contributed by atoms with E-state index >= 15 is 0 Å². The monoisotopic (exact) mass is 883 g/mol. The lowest BCUT2D eigenvalue weighted by molar-refractivity contribution is -0.388. The molecule has 27 heteroatoms. The van der Waals surface area contributed by atoms with E-state index in [4.69, 9.17) is 47.4 Å². The van der Waals surface area contributed by atoms with Gasteiger partial charge in [0.25, 0.3) is 0 Å². The van der Waals surface area contributed by atoms with Gasteiger partial charge in [-0.15, -0.1) is 0 Å². The Bertz CT molecular complexity index is 1340. The highest BCUT2D eigenvalue weighted by Gasteiger charge is 2.57. The van der Waals surface area contributed by atoms with Gasteiger partial charge in [0.2, 0.25) is 5.91 Å². The molecule has 1 amide bonds. The number of rotatable bonds is 15. The summed E-state index contributed by atoms with van der Waals surface area (Å²) < 4.78 is 55.7. The van der Waals surface area contributed by atoms with Gasteiger partial charge in [0, 0.05) is 14.0 Å². The summed E-state index contributed by atoms with van der Waals surface area (Å²) in [5.41, 5.74) is 0. The lowest BCUT2D eigenvalue weighted by Gasteiger charge is -2.50. The summed E-state index contributed by atoms with van der Waals surface area (Å²) in [7, 11) is 1.17. The van der Waals surface area contributed by atoms with Crippen LogP contribution in [-0.4, -0.2) is 276 Å². The SMILES string of the molecule is COC1OC(CO)C(OC2OC(CO)C(OC3OC(CO)C(O)C(OC4OC(CO)C(O)C(OC5OC(CO)C(O)C(O)C5O)C4NC(C)=O)C3O)C(O)C2O)C(O)C1O. The molecule has 25 unspecified atom stereocenters. The lowest BCUT2D eigenvalue weighted by Crippen LogP contribution is -2.70. The van der Waals surface area contributed by atoms with Gasteiger partial charge in [-0.1, -0.05) is 0 Å². The number of hydrogen-bond acceptors (Lipinski definition) is 26. The van der Waals surface area contributed by atoms with Crippen molar-refractivity contribution in [2.24, 2.45) is 0 Å². The van der Waals surface area contributed by atoms with Gasteiger partial charge in [0.1, 0.15) is 122 Å². The third-order valence-electron chi connectivity index (χ3n) is 10.9. The zero-order chi connectivity index (χ0) is 44.3. The molecule has 0 aromatic carbocycles. The van der Waals surface area contributed by atoms with Crippen molar-refractivity contribution < 1.29 is 129 Å². The zero-order valence-electron chi connectivity index (χ0n) is 32.2. The Hall–Kier alpha value is -1.53. The van der Waals surface area contributed by atoms with Crippen LogP contribution in [0.15, 0.2) is 0 Å². The molecule has 5 fully saturated rings. The van der Waals surface area contributed by atoms with E-state index in [0.717, 1.165) is 6.92 Å². The van der Waals surface area contributed by atoms with Crippen LogP contribution in [0.4, 0.5) is 0 Å². The summed E-state index contributed by atoms with van der Waals surface area (Å²) in [6, 6.07) is -1.67. The molecule has 0 aliphatic carbocycles. The standard InChI is InChI=1S/C33H57NO26/c1-8(40)34-14-27(59-31-21(47)18(44)15(41)9(3-35)53-31)16(42)10(4-36)52-29(14)60-28-17(43)11(5-37)54-33(24(28)50)58-26-13(7-39)56-32(23(49)20(26)46)57-25-12(6-38)55-30(51-2)22(48)19(25)45/h9-33,35-39,41-50H,3-7H2,1-2H3,(H,34,40). The molecule has 25 atom stereocenters. The third-order valence-corrected chi connectivity index (χ3v) is 10.9. The highest BCUT2D eigenvalue weighted by Crippen LogP contribution is 2.36. The fourth-order valence-corrected chi connectivity index (χ4v) is 7.61.